The Bertz CT molecular complexity index is 1150. The molecular formula is C23H25F2N3O7. The summed E-state index contributed by atoms with van der Waals surface area (Å²) in [6.45, 7) is -1.01. The summed E-state index contributed by atoms with van der Waals surface area (Å²) >= 11 is 0. The molecule has 0 radical (unpaired) electrons. The maximum atomic E-state index is 12.7. The number of nitrogens with two attached hydrogens (primary N) is 2. The highest BCUT2D eigenvalue weighted by atomic mass is 19.1. The first-order valence-corrected chi connectivity index (χ1v) is 10.5. The number of benzene rings is 2. The van der Waals surface area contributed by atoms with Crippen LogP contribution in [0.25, 0.3) is 0 Å². The Morgan fingerprint density at radius 3 is 1.89 bits per heavy atom. The molecule has 2 aliphatic heterocycles. The predicted molar refractivity (Wildman–Crippen MR) is 118 cm³/mol. The molecule has 35 heavy (non-hydrogen) atoms. The van der Waals surface area contributed by atoms with Gasteiger partial charge in [-0.25, -0.2) is 23.2 Å². The first kappa shape index (κ1) is 25.7. The number of carbonyl (C=O) groups is 3. The van der Waals surface area contributed by atoms with Crippen LogP contribution in [0.1, 0.15) is 35.1 Å². The fourth-order valence-electron chi connectivity index (χ4n) is 4.00. The van der Waals surface area contributed by atoms with Gasteiger partial charge in [0.15, 0.2) is 5.54 Å². The van der Waals surface area contributed by atoms with E-state index in [0.29, 0.717) is 28.2 Å². The van der Waals surface area contributed by atoms with Gasteiger partial charge in [0.05, 0.1) is 13.2 Å². The SMILES string of the molecule is NC(=O)NC1(C(=O)O)CCOc2ccc(CF)cc21.NC1(C(=O)O)CCOc2ccc(CF)cc21. The number of hydrogen-bond donors (Lipinski definition) is 5. The van der Waals surface area contributed by atoms with Crippen LogP contribution in [0, 0.1) is 0 Å². The minimum absolute atomic E-state index is 0.0218. The van der Waals surface area contributed by atoms with Gasteiger partial charge in [0.1, 0.15) is 30.4 Å². The Morgan fingerprint density at radius 1 is 0.886 bits per heavy atom. The van der Waals surface area contributed by atoms with E-state index in [-0.39, 0.29) is 31.6 Å². The number of amides is 2. The highest BCUT2D eigenvalue weighted by molar-refractivity contribution is 5.88. The lowest BCUT2D eigenvalue weighted by Gasteiger charge is -2.35. The minimum atomic E-state index is -1.68. The monoisotopic (exact) mass is 493 g/mol. The second-order valence-corrected chi connectivity index (χ2v) is 8.10. The third kappa shape index (κ3) is 4.97. The number of nitrogens with one attached hydrogen (secondary N) is 1. The van der Waals surface area contributed by atoms with Gasteiger partial charge in [0.25, 0.3) is 0 Å². The number of ether oxygens (including phenoxy) is 2. The molecule has 0 aliphatic carbocycles. The summed E-state index contributed by atoms with van der Waals surface area (Å²) in [5, 5.41) is 20.8. The summed E-state index contributed by atoms with van der Waals surface area (Å²) < 4.78 is 35.9. The molecule has 0 aromatic heterocycles. The highest BCUT2D eigenvalue weighted by Crippen LogP contribution is 2.38. The standard InChI is InChI=1S/C12H13FN2O4.C11H12FNO3/c13-6-7-1-2-9-8(5-7)12(10(16)17,3-4-19-9)15-11(14)18;12-6-7-1-2-9-8(5-7)11(13,10(14)15)3-4-16-9/h1-2,5H,3-4,6H2,(H,16,17)(H3,14,15,18);1-2,5H,3-4,6,13H2,(H,14,15). The molecule has 4 rings (SSSR count). The third-order valence-corrected chi connectivity index (χ3v) is 5.91. The molecule has 0 spiro atoms. The first-order chi connectivity index (χ1) is 16.6. The van der Waals surface area contributed by atoms with Crippen molar-refractivity contribution in [1.29, 1.82) is 0 Å². The lowest BCUT2D eigenvalue weighted by Crippen LogP contribution is -2.55. The number of rotatable bonds is 5. The van der Waals surface area contributed by atoms with E-state index in [1.54, 1.807) is 12.1 Å². The number of aliphatic carboxylic acids is 2. The van der Waals surface area contributed by atoms with Crippen LogP contribution >= 0.6 is 0 Å². The summed E-state index contributed by atoms with van der Waals surface area (Å²) in [6.07, 6.45) is 0.207. The molecule has 2 aliphatic rings. The number of halogens is 2. The molecule has 2 aromatic carbocycles. The van der Waals surface area contributed by atoms with Crippen LogP contribution in [0.15, 0.2) is 36.4 Å². The van der Waals surface area contributed by atoms with Gasteiger partial charge in [-0.05, 0) is 35.4 Å². The van der Waals surface area contributed by atoms with Crippen LogP contribution in [0.5, 0.6) is 11.5 Å². The van der Waals surface area contributed by atoms with Crippen LogP contribution < -0.4 is 26.3 Å². The molecule has 0 saturated heterocycles. The molecule has 2 atom stereocenters. The van der Waals surface area contributed by atoms with E-state index in [0.717, 1.165) is 0 Å². The molecule has 0 saturated carbocycles. The van der Waals surface area contributed by atoms with E-state index in [2.05, 4.69) is 5.32 Å². The van der Waals surface area contributed by atoms with Gasteiger partial charge in [-0.3, -0.25) is 0 Å². The van der Waals surface area contributed by atoms with Crippen molar-refractivity contribution in [3.8, 4) is 11.5 Å². The fraction of sp³-hybridized carbons (Fsp3) is 0.348. The smallest absolute Gasteiger partial charge is 0.334 e. The maximum Gasteiger partial charge on any atom is 0.334 e. The molecule has 2 unspecified atom stereocenters. The number of carboxylic acids is 2. The Kier molecular flexibility index (Phi) is 7.44. The number of fused-ring (bicyclic) bond motifs is 2. The van der Waals surface area contributed by atoms with Crippen LogP contribution in [0.2, 0.25) is 0 Å². The lowest BCUT2D eigenvalue weighted by atomic mass is 9.83. The number of carbonyl (C=O) groups excluding carboxylic acids is 1. The van der Waals surface area contributed by atoms with Crippen molar-refractivity contribution in [2.24, 2.45) is 11.5 Å². The van der Waals surface area contributed by atoms with Crippen molar-refractivity contribution in [3.05, 3.63) is 58.7 Å². The average Bonchev–Trinajstić information content (AvgIpc) is 2.84. The number of primary amides is 1. The number of hydrogen-bond acceptors (Lipinski definition) is 6. The summed E-state index contributed by atoms with van der Waals surface area (Å²) in [5.41, 5.74) is 9.00. The number of alkyl halides is 2. The predicted octanol–water partition coefficient (Wildman–Crippen LogP) is 2.06. The van der Waals surface area contributed by atoms with Gasteiger partial charge in [0, 0.05) is 24.0 Å². The summed E-state index contributed by atoms with van der Waals surface area (Å²) in [6, 6.07) is 7.99. The highest BCUT2D eigenvalue weighted by Gasteiger charge is 2.46. The molecular weight excluding hydrogens is 468 g/mol. The van der Waals surface area contributed by atoms with Gasteiger partial charge in [-0.2, -0.15) is 0 Å². The molecule has 12 heteroatoms. The quantitative estimate of drug-likeness (QED) is 0.421. The molecule has 188 valence electrons. The van der Waals surface area contributed by atoms with E-state index in [9.17, 15) is 28.3 Å². The van der Waals surface area contributed by atoms with E-state index >= 15 is 0 Å². The van der Waals surface area contributed by atoms with E-state index in [1.807, 2.05) is 0 Å². The molecule has 0 fully saturated rings. The van der Waals surface area contributed by atoms with E-state index < -0.39 is 42.4 Å². The zero-order valence-electron chi connectivity index (χ0n) is 18.6. The first-order valence-electron chi connectivity index (χ1n) is 10.5. The Balaban J connectivity index is 0.000000198. The van der Waals surface area contributed by atoms with Crippen LogP contribution in [-0.4, -0.2) is 41.4 Å². The molecule has 0 bridgehead atoms. The average molecular weight is 493 g/mol. The zero-order valence-corrected chi connectivity index (χ0v) is 18.6. The van der Waals surface area contributed by atoms with Crippen LogP contribution in [0.4, 0.5) is 13.6 Å². The topological polar surface area (TPSA) is 174 Å². The van der Waals surface area contributed by atoms with Gasteiger partial charge >= 0.3 is 18.0 Å². The molecule has 10 nitrogen and oxygen atoms in total. The molecule has 2 heterocycles. The molecule has 2 aromatic rings. The van der Waals surface area contributed by atoms with Gasteiger partial charge in [0.2, 0.25) is 0 Å². The van der Waals surface area contributed by atoms with Crippen LogP contribution in [0.3, 0.4) is 0 Å². The molecule has 7 N–H and O–H groups in total. The Morgan fingerprint density at radius 2 is 1.40 bits per heavy atom. The second kappa shape index (κ2) is 10.1. The van der Waals surface area contributed by atoms with Gasteiger partial charge in [-0.15, -0.1) is 0 Å². The minimum Gasteiger partial charge on any atom is -0.493 e. The summed E-state index contributed by atoms with van der Waals surface area (Å²) in [5.74, 6) is -1.65. The normalized spacial score (nSPS) is 22.1. The van der Waals surface area contributed by atoms with Crippen molar-refractivity contribution >= 4 is 18.0 Å². The lowest BCUT2D eigenvalue weighted by molar-refractivity contribution is -0.146. The van der Waals surface area contributed by atoms with Gasteiger partial charge < -0.3 is 36.5 Å². The Hall–Kier alpha value is -3.93. The van der Waals surface area contributed by atoms with Crippen molar-refractivity contribution < 1.29 is 42.9 Å². The van der Waals surface area contributed by atoms with E-state index in [1.165, 1.54) is 24.3 Å². The zero-order chi connectivity index (χ0) is 25.8. The van der Waals surface area contributed by atoms with Crippen molar-refractivity contribution in [1.82, 2.24) is 5.32 Å². The van der Waals surface area contributed by atoms with Crippen molar-refractivity contribution in [2.75, 3.05) is 13.2 Å². The largest absolute Gasteiger partial charge is 0.493 e. The third-order valence-electron chi connectivity index (χ3n) is 5.91. The van der Waals surface area contributed by atoms with Gasteiger partial charge in [-0.1, -0.05) is 12.1 Å². The fourth-order valence-corrected chi connectivity index (χ4v) is 4.00. The molecule has 2 amide bonds. The second-order valence-electron chi connectivity index (χ2n) is 8.10. The summed E-state index contributed by atoms with van der Waals surface area (Å²) in [4.78, 5) is 33.8. The Labute approximate surface area is 198 Å². The number of urea groups is 1. The maximum absolute atomic E-state index is 12.7. The summed E-state index contributed by atoms with van der Waals surface area (Å²) in [7, 11) is 0. The van der Waals surface area contributed by atoms with Crippen molar-refractivity contribution in [3.63, 3.8) is 0 Å². The van der Waals surface area contributed by atoms with E-state index in [4.69, 9.17) is 26.0 Å². The number of carboxylic acid groups (broad SMARTS) is 2. The van der Waals surface area contributed by atoms with Crippen LogP contribution in [-0.2, 0) is 34.0 Å². The van der Waals surface area contributed by atoms with Crippen molar-refractivity contribution in [2.45, 2.75) is 37.3 Å².